The number of methoxy groups -OCH3 is 1. The molecule has 0 aromatic carbocycles. The van der Waals surface area contributed by atoms with Crippen LogP contribution in [0.5, 0.6) is 0 Å². The molecule has 0 aliphatic carbocycles. The summed E-state index contributed by atoms with van der Waals surface area (Å²) in [5.41, 5.74) is 7.00. The molecule has 1 rings (SSSR count). The van der Waals surface area contributed by atoms with Gasteiger partial charge in [-0.05, 0) is 12.0 Å². The third-order valence-corrected chi connectivity index (χ3v) is 2.21. The number of hydrogen-bond acceptors (Lipinski definition) is 3. The average molecular weight is 183 g/mol. The van der Waals surface area contributed by atoms with E-state index in [2.05, 4.69) is 13.8 Å². The van der Waals surface area contributed by atoms with Crippen molar-refractivity contribution in [3.05, 3.63) is 24.2 Å². The number of rotatable bonds is 4. The summed E-state index contributed by atoms with van der Waals surface area (Å²) in [7, 11) is 1.69. The van der Waals surface area contributed by atoms with Gasteiger partial charge in [0.2, 0.25) is 0 Å². The van der Waals surface area contributed by atoms with Crippen LogP contribution in [0.1, 0.15) is 25.5 Å². The largest absolute Gasteiger partial charge is 0.472 e. The van der Waals surface area contributed by atoms with Crippen molar-refractivity contribution in [2.45, 2.75) is 26.0 Å². The van der Waals surface area contributed by atoms with Crippen LogP contribution >= 0.6 is 0 Å². The first kappa shape index (κ1) is 10.3. The van der Waals surface area contributed by atoms with Gasteiger partial charge in [0.15, 0.2) is 0 Å². The molecule has 0 aliphatic rings. The number of ether oxygens (including phenoxy) is 1. The van der Waals surface area contributed by atoms with Crippen molar-refractivity contribution in [1.82, 2.24) is 0 Å². The molecular weight excluding hydrogens is 166 g/mol. The normalized spacial score (nSPS) is 16.1. The minimum atomic E-state index is -0.108. The van der Waals surface area contributed by atoms with Crippen LogP contribution in [0.15, 0.2) is 23.0 Å². The van der Waals surface area contributed by atoms with Gasteiger partial charge in [0, 0.05) is 12.7 Å². The summed E-state index contributed by atoms with van der Waals surface area (Å²) >= 11 is 0. The smallest absolute Gasteiger partial charge is 0.0951 e. The maximum absolute atomic E-state index is 6.01. The van der Waals surface area contributed by atoms with Gasteiger partial charge >= 0.3 is 0 Å². The van der Waals surface area contributed by atoms with Crippen molar-refractivity contribution in [2.75, 3.05) is 7.11 Å². The predicted molar refractivity (Wildman–Crippen MR) is 51.3 cm³/mol. The van der Waals surface area contributed by atoms with Crippen LogP contribution in [-0.2, 0) is 4.74 Å². The Bertz CT molecular complexity index is 231. The van der Waals surface area contributed by atoms with Crippen LogP contribution in [-0.4, -0.2) is 13.2 Å². The Morgan fingerprint density at radius 1 is 1.46 bits per heavy atom. The molecule has 0 aliphatic heterocycles. The van der Waals surface area contributed by atoms with E-state index < -0.39 is 0 Å². The molecule has 1 aromatic rings. The zero-order chi connectivity index (χ0) is 9.84. The minimum absolute atomic E-state index is 0.0394. The lowest BCUT2D eigenvalue weighted by Gasteiger charge is -2.24. The summed E-state index contributed by atoms with van der Waals surface area (Å²) in [6.45, 7) is 4.18. The van der Waals surface area contributed by atoms with E-state index in [9.17, 15) is 0 Å². The fourth-order valence-electron chi connectivity index (χ4n) is 1.49. The van der Waals surface area contributed by atoms with Crippen molar-refractivity contribution in [3.63, 3.8) is 0 Å². The third-order valence-electron chi connectivity index (χ3n) is 2.21. The molecule has 2 unspecified atom stereocenters. The summed E-state index contributed by atoms with van der Waals surface area (Å²) in [4.78, 5) is 0. The van der Waals surface area contributed by atoms with Crippen LogP contribution in [0.4, 0.5) is 0 Å². The molecule has 0 fully saturated rings. The highest BCUT2D eigenvalue weighted by molar-refractivity contribution is 5.12. The van der Waals surface area contributed by atoms with Crippen LogP contribution < -0.4 is 5.73 Å². The highest BCUT2D eigenvalue weighted by atomic mass is 16.5. The second kappa shape index (κ2) is 4.44. The van der Waals surface area contributed by atoms with E-state index in [-0.39, 0.29) is 12.1 Å². The summed E-state index contributed by atoms with van der Waals surface area (Å²) in [5.74, 6) is 0.398. The van der Waals surface area contributed by atoms with Crippen molar-refractivity contribution < 1.29 is 9.15 Å². The van der Waals surface area contributed by atoms with Gasteiger partial charge in [-0.2, -0.15) is 0 Å². The summed E-state index contributed by atoms with van der Waals surface area (Å²) in [6, 6.07) is 1.77. The highest BCUT2D eigenvalue weighted by Crippen LogP contribution is 2.21. The fourth-order valence-corrected chi connectivity index (χ4v) is 1.49. The van der Waals surface area contributed by atoms with Gasteiger partial charge in [-0.15, -0.1) is 0 Å². The van der Waals surface area contributed by atoms with E-state index in [1.54, 1.807) is 19.6 Å². The molecule has 0 saturated carbocycles. The van der Waals surface area contributed by atoms with Gasteiger partial charge in [-0.3, -0.25) is 0 Å². The van der Waals surface area contributed by atoms with Gasteiger partial charge in [0.25, 0.3) is 0 Å². The topological polar surface area (TPSA) is 48.4 Å². The van der Waals surface area contributed by atoms with Crippen molar-refractivity contribution in [3.8, 4) is 0 Å². The van der Waals surface area contributed by atoms with Gasteiger partial charge in [0.1, 0.15) is 0 Å². The molecule has 1 aromatic heterocycles. The van der Waals surface area contributed by atoms with E-state index in [4.69, 9.17) is 14.9 Å². The third kappa shape index (κ3) is 2.32. The second-order valence-corrected chi connectivity index (χ2v) is 3.53. The lowest BCUT2D eigenvalue weighted by atomic mass is 9.96. The zero-order valence-electron chi connectivity index (χ0n) is 8.36. The number of hydrogen-bond donors (Lipinski definition) is 1. The Hall–Kier alpha value is -0.800. The summed E-state index contributed by atoms with van der Waals surface area (Å²) < 4.78 is 10.3. The first-order valence-electron chi connectivity index (χ1n) is 4.47. The molecule has 13 heavy (non-hydrogen) atoms. The number of nitrogens with two attached hydrogens (primary N) is 1. The molecule has 74 valence electrons. The summed E-state index contributed by atoms with van der Waals surface area (Å²) in [5, 5.41) is 0. The minimum Gasteiger partial charge on any atom is -0.472 e. The van der Waals surface area contributed by atoms with E-state index in [1.165, 1.54) is 0 Å². The lowest BCUT2D eigenvalue weighted by Crippen LogP contribution is -2.32. The fraction of sp³-hybridized carbons (Fsp3) is 0.600. The molecule has 0 spiro atoms. The number of furan rings is 1. The quantitative estimate of drug-likeness (QED) is 0.776. The van der Waals surface area contributed by atoms with Gasteiger partial charge in [-0.1, -0.05) is 13.8 Å². The zero-order valence-corrected chi connectivity index (χ0v) is 8.36. The predicted octanol–water partition coefficient (Wildman–Crippen LogP) is 1.95. The Balaban J connectivity index is 2.70. The second-order valence-electron chi connectivity index (χ2n) is 3.53. The maximum Gasteiger partial charge on any atom is 0.0951 e. The molecule has 0 saturated heterocycles. The first-order chi connectivity index (χ1) is 6.16. The molecule has 3 heteroatoms. The van der Waals surface area contributed by atoms with Gasteiger partial charge in [-0.25, -0.2) is 0 Å². The first-order valence-corrected chi connectivity index (χ1v) is 4.47. The van der Waals surface area contributed by atoms with E-state index in [1.807, 2.05) is 6.07 Å². The summed E-state index contributed by atoms with van der Waals surface area (Å²) in [6.07, 6.45) is 3.33. The molecule has 0 bridgehead atoms. The highest BCUT2D eigenvalue weighted by Gasteiger charge is 2.22. The maximum atomic E-state index is 6.01. The van der Waals surface area contributed by atoms with E-state index in [0.717, 1.165) is 5.56 Å². The van der Waals surface area contributed by atoms with Crippen LogP contribution in [0.2, 0.25) is 0 Å². The van der Waals surface area contributed by atoms with Gasteiger partial charge < -0.3 is 14.9 Å². The molecule has 0 amide bonds. The lowest BCUT2D eigenvalue weighted by molar-refractivity contribution is 0.0436. The monoisotopic (exact) mass is 183 g/mol. The molecular formula is C10H17NO2. The Kier molecular flexibility index (Phi) is 3.51. The van der Waals surface area contributed by atoms with Crippen molar-refractivity contribution in [2.24, 2.45) is 11.7 Å². The van der Waals surface area contributed by atoms with Crippen LogP contribution in [0, 0.1) is 5.92 Å². The van der Waals surface area contributed by atoms with E-state index in [0.29, 0.717) is 5.92 Å². The molecule has 2 atom stereocenters. The standard InChI is InChI=1S/C10H17NO2/c1-7(2)10(12-3)9(11)8-4-5-13-6-8/h4-7,9-10H,11H2,1-3H3. The Morgan fingerprint density at radius 2 is 2.15 bits per heavy atom. The van der Waals surface area contributed by atoms with Crippen molar-refractivity contribution >= 4 is 0 Å². The van der Waals surface area contributed by atoms with E-state index >= 15 is 0 Å². The Labute approximate surface area is 78.9 Å². The van der Waals surface area contributed by atoms with Gasteiger partial charge in [0.05, 0.1) is 24.7 Å². The average Bonchev–Trinajstić information content (AvgIpc) is 2.56. The van der Waals surface area contributed by atoms with Crippen molar-refractivity contribution in [1.29, 1.82) is 0 Å². The molecule has 3 nitrogen and oxygen atoms in total. The van der Waals surface area contributed by atoms with Crippen LogP contribution in [0.25, 0.3) is 0 Å². The molecule has 0 radical (unpaired) electrons. The Morgan fingerprint density at radius 3 is 2.54 bits per heavy atom. The SMILES string of the molecule is COC(C(C)C)C(N)c1ccoc1. The molecule has 2 N–H and O–H groups in total. The van der Waals surface area contributed by atoms with Crippen LogP contribution in [0.3, 0.4) is 0 Å². The molecule has 1 heterocycles.